The molecule has 2 rings (SSSR count). The highest BCUT2D eigenvalue weighted by Gasteiger charge is 2.78. The summed E-state index contributed by atoms with van der Waals surface area (Å²) in [5, 5.41) is 9.68. The zero-order valence-corrected chi connectivity index (χ0v) is 7.73. The van der Waals surface area contributed by atoms with Crippen LogP contribution in [0.1, 0.15) is 13.8 Å². The minimum atomic E-state index is -1.58. The van der Waals surface area contributed by atoms with E-state index >= 15 is 0 Å². The van der Waals surface area contributed by atoms with Crippen LogP contribution in [-0.2, 0) is 19.0 Å². The third kappa shape index (κ3) is 1.01. The quantitative estimate of drug-likeness (QED) is 0.558. The van der Waals surface area contributed by atoms with E-state index in [-0.39, 0.29) is 0 Å². The summed E-state index contributed by atoms with van der Waals surface area (Å²) in [6, 6.07) is 0. The smallest absolute Gasteiger partial charge is 0.343 e. The number of esters is 1. The van der Waals surface area contributed by atoms with Crippen molar-refractivity contribution < 1.29 is 24.1 Å². The molecule has 1 N–H and O–H groups in total. The number of ether oxygens (including phenoxy) is 3. The Morgan fingerprint density at radius 1 is 1.38 bits per heavy atom. The summed E-state index contributed by atoms with van der Waals surface area (Å²) in [7, 11) is 1.22. The first-order valence-electron chi connectivity index (χ1n) is 4.08. The molecule has 74 valence electrons. The molecule has 1 aliphatic carbocycles. The zero-order valence-electron chi connectivity index (χ0n) is 7.73. The lowest BCUT2D eigenvalue weighted by Crippen LogP contribution is -2.39. The monoisotopic (exact) mass is 188 g/mol. The van der Waals surface area contributed by atoms with Crippen LogP contribution in [0.2, 0.25) is 0 Å². The Hall–Kier alpha value is -0.650. The molecule has 0 aromatic heterocycles. The van der Waals surface area contributed by atoms with E-state index in [1.807, 2.05) is 0 Å². The van der Waals surface area contributed by atoms with Crippen LogP contribution in [0.4, 0.5) is 0 Å². The molecular weight excluding hydrogens is 176 g/mol. The van der Waals surface area contributed by atoms with E-state index < -0.39 is 29.6 Å². The molecule has 1 saturated heterocycles. The Morgan fingerprint density at radius 2 is 1.85 bits per heavy atom. The van der Waals surface area contributed by atoms with Gasteiger partial charge in [-0.3, -0.25) is 0 Å². The standard InChI is InChI=1S/C8H12O5/c1-7(2)12-4-5(13-7)8(4,10)6(9)11-3/h4-5,10H,1-3H3/t4-,5+,8?. The molecule has 1 saturated carbocycles. The number of methoxy groups -OCH3 is 1. The van der Waals surface area contributed by atoms with Crippen molar-refractivity contribution in [1.29, 1.82) is 0 Å². The predicted octanol–water partition coefficient (Wildman–Crippen LogP) is -0.576. The summed E-state index contributed by atoms with van der Waals surface area (Å²) < 4.78 is 15.0. The van der Waals surface area contributed by atoms with Crippen LogP contribution in [0.5, 0.6) is 0 Å². The average molecular weight is 188 g/mol. The molecule has 13 heavy (non-hydrogen) atoms. The van der Waals surface area contributed by atoms with Gasteiger partial charge in [0.2, 0.25) is 5.60 Å². The molecule has 1 heterocycles. The lowest BCUT2D eigenvalue weighted by Gasteiger charge is -2.23. The van der Waals surface area contributed by atoms with Crippen LogP contribution in [0.3, 0.4) is 0 Å². The molecule has 0 spiro atoms. The minimum Gasteiger partial charge on any atom is -0.467 e. The van der Waals surface area contributed by atoms with Crippen LogP contribution in [0.25, 0.3) is 0 Å². The second-order valence-electron chi connectivity index (χ2n) is 3.79. The van der Waals surface area contributed by atoms with Gasteiger partial charge in [0.1, 0.15) is 12.2 Å². The van der Waals surface area contributed by atoms with Gasteiger partial charge in [-0.15, -0.1) is 0 Å². The Kier molecular flexibility index (Phi) is 1.53. The fourth-order valence-corrected chi connectivity index (χ4v) is 1.65. The lowest BCUT2D eigenvalue weighted by molar-refractivity contribution is -0.212. The van der Waals surface area contributed by atoms with E-state index in [9.17, 15) is 9.90 Å². The fourth-order valence-electron chi connectivity index (χ4n) is 1.65. The molecule has 5 heteroatoms. The van der Waals surface area contributed by atoms with Gasteiger partial charge in [0.25, 0.3) is 0 Å². The van der Waals surface area contributed by atoms with Gasteiger partial charge in [0.05, 0.1) is 7.11 Å². The van der Waals surface area contributed by atoms with E-state index in [0.717, 1.165) is 0 Å². The number of fused-ring (bicyclic) bond motifs is 1. The summed E-state index contributed by atoms with van der Waals surface area (Å²) in [4.78, 5) is 11.1. The van der Waals surface area contributed by atoms with Gasteiger partial charge in [-0.05, 0) is 13.8 Å². The van der Waals surface area contributed by atoms with Crippen molar-refractivity contribution in [3.63, 3.8) is 0 Å². The van der Waals surface area contributed by atoms with Gasteiger partial charge in [-0.1, -0.05) is 0 Å². The highest BCUT2D eigenvalue weighted by molar-refractivity contribution is 5.86. The van der Waals surface area contributed by atoms with Gasteiger partial charge in [-0.25, -0.2) is 4.79 Å². The molecule has 2 aliphatic rings. The van der Waals surface area contributed by atoms with Crippen molar-refractivity contribution >= 4 is 5.97 Å². The molecule has 1 aliphatic heterocycles. The van der Waals surface area contributed by atoms with Crippen LogP contribution in [-0.4, -0.2) is 41.8 Å². The molecule has 0 aromatic carbocycles. The van der Waals surface area contributed by atoms with E-state index in [1.165, 1.54) is 7.11 Å². The van der Waals surface area contributed by atoms with E-state index in [0.29, 0.717) is 0 Å². The number of hydrogen-bond acceptors (Lipinski definition) is 5. The number of carbonyl (C=O) groups is 1. The summed E-state index contributed by atoms with van der Waals surface area (Å²) in [5.74, 6) is -1.41. The third-order valence-corrected chi connectivity index (χ3v) is 2.37. The van der Waals surface area contributed by atoms with Gasteiger partial charge in [0.15, 0.2) is 5.79 Å². The first-order chi connectivity index (χ1) is 5.92. The molecule has 0 radical (unpaired) electrons. The molecular formula is C8H12O5. The van der Waals surface area contributed by atoms with Crippen molar-refractivity contribution in [3.05, 3.63) is 0 Å². The molecule has 3 atom stereocenters. The Morgan fingerprint density at radius 3 is 2.23 bits per heavy atom. The van der Waals surface area contributed by atoms with Crippen molar-refractivity contribution in [2.24, 2.45) is 0 Å². The highest BCUT2D eigenvalue weighted by Crippen LogP contribution is 2.52. The maximum Gasteiger partial charge on any atom is 0.343 e. The van der Waals surface area contributed by atoms with Crippen molar-refractivity contribution in [1.82, 2.24) is 0 Å². The predicted molar refractivity (Wildman–Crippen MR) is 40.8 cm³/mol. The lowest BCUT2D eigenvalue weighted by atomic mass is 10.3. The number of rotatable bonds is 1. The highest BCUT2D eigenvalue weighted by atomic mass is 16.8. The molecule has 0 aromatic rings. The summed E-state index contributed by atoms with van der Waals surface area (Å²) in [5.41, 5.74) is -1.58. The molecule has 5 nitrogen and oxygen atoms in total. The van der Waals surface area contributed by atoms with Crippen LogP contribution >= 0.6 is 0 Å². The Labute approximate surface area is 75.6 Å². The van der Waals surface area contributed by atoms with Crippen LogP contribution in [0, 0.1) is 0 Å². The van der Waals surface area contributed by atoms with Gasteiger partial charge < -0.3 is 19.3 Å². The Bertz CT molecular complexity index is 245. The van der Waals surface area contributed by atoms with Crippen molar-refractivity contribution in [2.75, 3.05) is 7.11 Å². The van der Waals surface area contributed by atoms with E-state index in [1.54, 1.807) is 13.8 Å². The van der Waals surface area contributed by atoms with Gasteiger partial charge >= 0.3 is 5.97 Å². The molecule has 0 amide bonds. The van der Waals surface area contributed by atoms with Crippen LogP contribution < -0.4 is 0 Å². The zero-order chi connectivity index (χ0) is 9.85. The summed E-state index contributed by atoms with van der Waals surface area (Å²) in [6.45, 7) is 3.47. The number of aliphatic hydroxyl groups is 1. The van der Waals surface area contributed by atoms with Crippen LogP contribution in [0.15, 0.2) is 0 Å². The largest absolute Gasteiger partial charge is 0.467 e. The van der Waals surface area contributed by atoms with Gasteiger partial charge in [-0.2, -0.15) is 0 Å². The number of hydrogen-bond donors (Lipinski definition) is 1. The minimum absolute atomic E-state index is 0.574. The normalized spacial score (nSPS) is 45.5. The Balaban J connectivity index is 2.09. The average Bonchev–Trinajstić information content (AvgIpc) is 2.46. The first-order valence-corrected chi connectivity index (χ1v) is 4.08. The maximum atomic E-state index is 11.1. The van der Waals surface area contributed by atoms with Crippen molar-refractivity contribution in [3.8, 4) is 0 Å². The summed E-state index contributed by atoms with van der Waals surface area (Å²) in [6.07, 6.45) is -1.15. The summed E-state index contributed by atoms with van der Waals surface area (Å²) >= 11 is 0. The third-order valence-electron chi connectivity index (χ3n) is 2.37. The molecule has 1 unspecified atom stereocenters. The molecule has 0 bridgehead atoms. The maximum absolute atomic E-state index is 11.1. The molecule has 2 fully saturated rings. The number of carbonyl (C=O) groups excluding carboxylic acids is 1. The fraction of sp³-hybridized carbons (Fsp3) is 0.875. The van der Waals surface area contributed by atoms with Gasteiger partial charge in [0, 0.05) is 0 Å². The topological polar surface area (TPSA) is 65.0 Å². The van der Waals surface area contributed by atoms with E-state index in [4.69, 9.17) is 9.47 Å². The van der Waals surface area contributed by atoms with Crippen molar-refractivity contribution in [2.45, 2.75) is 37.4 Å². The second kappa shape index (κ2) is 2.23. The second-order valence-corrected chi connectivity index (χ2v) is 3.79. The first kappa shape index (κ1) is 8.93. The van der Waals surface area contributed by atoms with E-state index in [2.05, 4.69) is 4.74 Å². The SMILES string of the molecule is COC(=O)C1(O)[C@@H]2OC(C)(C)O[C@@H]21.